The van der Waals surface area contributed by atoms with Crippen LogP contribution in [0.15, 0.2) is 6.07 Å². The number of H-pyrrole nitrogens is 1. The minimum atomic E-state index is -0.379. The summed E-state index contributed by atoms with van der Waals surface area (Å²) in [6.45, 7) is 5.88. The summed E-state index contributed by atoms with van der Waals surface area (Å²) in [7, 11) is 0. The summed E-state index contributed by atoms with van der Waals surface area (Å²) in [4.78, 5) is 11.8. The topological polar surface area (TPSA) is 90.0 Å². The van der Waals surface area contributed by atoms with Crippen LogP contribution in [-0.4, -0.2) is 46.9 Å². The van der Waals surface area contributed by atoms with Gasteiger partial charge in [0.05, 0.1) is 6.10 Å². The summed E-state index contributed by atoms with van der Waals surface area (Å²) in [5.74, 6) is 0.203. The molecule has 1 fully saturated rings. The number of aromatic amines is 1. The van der Waals surface area contributed by atoms with Crippen molar-refractivity contribution in [2.45, 2.75) is 25.9 Å². The zero-order chi connectivity index (χ0) is 13.1. The van der Waals surface area contributed by atoms with Crippen LogP contribution < -0.4 is 10.6 Å². The number of aliphatic hydroxyl groups excluding tert-OH is 1. The second-order valence-corrected chi connectivity index (χ2v) is 5.06. The number of rotatable bonds is 4. The lowest BCUT2D eigenvalue weighted by molar-refractivity contribution is 0.0922. The van der Waals surface area contributed by atoms with E-state index in [2.05, 4.69) is 20.8 Å². The van der Waals surface area contributed by atoms with Gasteiger partial charge in [0, 0.05) is 31.2 Å². The van der Waals surface area contributed by atoms with Crippen LogP contribution in [0.1, 0.15) is 35.9 Å². The maximum atomic E-state index is 11.8. The van der Waals surface area contributed by atoms with Crippen LogP contribution in [0.2, 0.25) is 0 Å². The molecule has 6 nitrogen and oxygen atoms in total. The number of carbonyl (C=O) groups excluding carboxylic acids is 1. The molecule has 1 amide bonds. The Kier molecular flexibility index (Phi) is 3.98. The summed E-state index contributed by atoms with van der Waals surface area (Å²) < 4.78 is 0. The summed E-state index contributed by atoms with van der Waals surface area (Å²) in [5.41, 5.74) is 1.35. The third kappa shape index (κ3) is 2.88. The van der Waals surface area contributed by atoms with Crippen LogP contribution in [0, 0.1) is 5.92 Å². The summed E-state index contributed by atoms with van der Waals surface area (Å²) in [5, 5.41) is 22.3. The highest BCUT2D eigenvalue weighted by Gasteiger charge is 2.25. The second-order valence-electron chi connectivity index (χ2n) is 5.06. The van der Waals surface area contributed by atoms with Crippen molar-refractivity contribution in [3.63, 3.8) is 0 Å². The van der Waals surface area contributed by atoms with E-state index in [-0.39, 0.29) is 17.9 Å². The first-order chi connectivity index (χ1) is 8.58. The predicted octanol–water partition coefficient (Wildman–Crippen LogP) is -0.157. The Balaban J connectivity index is 1.87. The van der Waals surface area contributed by atoms with E-state index in [0.717, 1.165) is 12.2 Å². The Morgan fingerprint density at radius 1 is 1.61 bits per heavy atom. The van der Waals surface area contributed by atoms with Crippen LogP contribution >= 0.6 is 0 Å². The maximum absolute atomic E-state index is 11.8. The Labute approximate surface area is 106 Å². The van der Waals surface area contributed by atoms with Crippen molar-refractivity contribution in [3.05, 3.63) is 17.5 Å². The molecule has 0 aliphatic carbocycles. The third-order valence-electron chi connectivity index (χ3n) is 3.28. The number of aromatic nitrogens is 2. The largest absolute Gasteiger partial charge is 0.391 e. The van der Waals surface area contributed by atoms with Crippen LogP contribution in [0.25, 0.3) is 0 Å². The van der Waals surface area contributed by atoms with E-state index < -0.39 is 0 Å². The number of β-amino-alcohol motifs (C(OH)–C–C–N with tert-alkyl or cyclic N) is 1. The van der Waals surface area contributed by atoms with Gasteiger partial charge in [0.1, 0.15) is 5.69 Å². The standard InChI is InChI=1S/C12H20N4O2/c1-7(2)9-3-10(16-15-9)12(18)14-5-8-4-13-6-11(8)17/h3,7-8,11,13,17H,4-6H2,1-2H3,(H,14,18)(H,15,16). The van der Waals surface area contributed by atoms with Gasteiger partial charge >= 0.3 is 0 Å². The van der Waals surface area contributed by atoms with Gasteiger partial charge in [0.25, 0.3) is 5.91 Å². The number of aliphatic hydroxyl groups is 1. The van der Waals surface area contributed by atoms with E-state index in [4.69, 9.17) is 0 Å². The normalized spacial score (nSPS) is 23.6. The SMILES string of the molecule is CC(C)c1cc(C(=O)NCC2CNCC2O)n[nH]1. The molecule has 1 aromatic rings. The molecule has 18 heavy (non-hydrogen) atoms. The van der Waals surface area contributed by atoms with Gasteiger partial charge < -0.3 is 15.7 Å². The molecular weight excluding hydrogens is 232 g/mol. The zero-order valence-electron chi connectivity index (χ0n) is 10.7. The van der Waals surface area contributed by atoms with Gasteiger partial charge in [-0.05, 0) is 12.0 Å². The minimum Gasteiger partial charge on any atom is -0.391 e. The lowest BCUT2D eigenvalue weighted by Gasteiger charge is -2.13. The molecule has 2 rings (SSSR count). The summed E-state index contributed by atoms with van der Waals surface area (Å²) >= 11 is 0. The molecule has 0 spiro atoms. The first kappa shape index (κ1) is 13.0. The molecule has 6 heteroatoms. The molecule has 0 saturated carbocycles. The van der Waals surface area contributed by atoms with Crippen molar-refractivity contribution >= 4 is 5.91 Å². The molecule has 1 saturated heterocycles. The molecule has 1 aliphatic heterocycles. The fourth-order valence-corrected chi connectivity index (χ4v) is 1.99. The van der Waals surface area contributed by atoms with Crippen molar-refractivity contribution in [2.24, 2.45) is 5.92 Å². The number of carbonyl (C=O) groups is 1. The molecule has 2 atom stereocenters. The van der Waals surface area contributed by atoms with Crippen molar-refractivity contribution < 1.29 is 9.90 Å². The Morgan fingerprint density at radius 2 is 2.39 bits per heavy atom. The quantitative estimate of drug-likeness (QED) is 0.599. The van der Waals surface area contributed by atoms with Crippen LogP contribution in [0.4, 0.5) is 0 Å². The molecule has 1 aliphatic rings. The van der Waals surface area contributed by atoms with Crippen molar-refractivity contribution in [1.29, 1.82) is 0 Å². The van der Waals surface area contributed by atoms with E-state index >= 15 is 0 Å². The smallest absolute Gasteiger partial charge is 0.271 e. The highest BCUT2D eigenvalue weighted by atomic mass is 16.3. The number of nitrogens with zero attached hydrogens (tertiary/aromatic N) is 1. The molecule has 2 heterocycles. The molecule has 0 aromatic carbocycles. The van der Waals surface area contributed by atoms with Gasteiger partial charge in [0.15, 0.2) is 0 Å². The van der Waals surface area contributed by atoms with Crippen molar-refractivity contribution in [2.75, 3.05) is 19.6 Å². The van der Waals surface area contributed by atoms with Crippen LogP contribution in [-0.2, 0) is 0 Å². The van der Waals surface area contributed by atoms with E-state index in [0.29, 0.717) is 24.7 Å². The van der Waals surface area contributed by atoms with Gasteiger partial charge in [-0.3, -0.25) is 9.89 Å². The first-order valence-electron chi connectivity index (χ1n) is 6.30. The second kappa shape index (κ2) is 5.49. The fraction of sp³-hybridized carbons (Fsp3) is 0.667. The van der Waals surface area contributed by atoms with E-state index in [1.54, 1.807) is 6.07 Å². The predicted molar refractivity (Wildman–Crippen MR) is 67.4 cm³/mol. The van der Waals surface area contributed by atoms with Gasteiger partial charge in [-0.25, -0.2) is 0 Å². The van der Waals surface area contributed by atoms with Gasteiger partial charge in [-0.15, -0.1) is 0 Å². The number of nitrogens with one attached hydrogen (secondary N) is 3. The minimum absolute atomic E-state index is 0.0810. The molecular formula is C12H20N4O2. The molecule has 2 unspecified atom stereocenters. The summed E-state index contributed by atoms with van der Waals surface area (Å²) in [6, 6.07) is 1.77. The van der Waals surface area contributed by atoms with E-state index in [1.165, 1.54) is 0 Å². The van der Waals surface area contributed by atoms with Gasteiger partial charge in [-0.1, -0.05) is 13.8 Å². The fourth-order valence-electron chi connectivity index (χ4n) is 1.99. The maximum Gasteiger partial charge on any atom is 0.271 e. The number of hydrogen-bond acceptors (Lipinski definition) is 4. The molecule has 0 radical (unpaired) electrons. The highest BCUT2D eigenvalue weighted by Crippen LogP contribution is 2.12. The Hall–Kier alpha value is -1.40. The molecule has 1 aromatic heterocycles. The van der Waals surface area contributed by atoms with Crippen molar-refractivity contribution in [1.82, 2.24) is 20.8 Å². The zero-order valence-corrected chi connectivity index (χ0v) is 10.7. The Bertz CT molecular complexity index is 416. The monoisotopic (exact) mass is 252 g/mol. The van der Waals surface area contributed by atoms with Crippen LogP contribution in [0.3, 0.4) is 0 Å². The average Bonchev–Trinajstić information content (AvgIpc) is 2.94. The Morgan fingerprint density at radius 3 is 2.94 bits per heavy atom. The molecule has 4 N–H and O–H groups in total. The van der Waals surface area contributed by atoms with Crippen molar-refractivity contribution in [3.8, 4) is 0 Å². The summed E-state index contributed by atoms with van der Waals surface area (Å²) in [6.07, 6.45) is -0.379. The lowest BCUT2D eigenvalue weighted by atomic mass is 10.1. The van der Waals surface area contributed by atoms with Gasteiger partial charge in [0.2, 0.25) is 0 Å². The first-order valence-corrected chi connectivity index (χ1v) is 6.30. The lowest BCUT2D eigenvalue weighted by Crippen LogP contribution is -2.34. The third-order valence-corrected chi connectivity index (χ3v) is 3.28. The van der Waals surface area contributed by atoms with Crippen LogP contribution in [0.5, 0.6) is 0 Å². The van der Waals surface area contributed by atoms with E-state index in [1.807, 2.05) is 13.8 Å². The van der Waals surface area contributed by atoms with Gasteiger partial charge in [-0.2, -0.15) is 5.10 Å². The molecule has 100 valence electrons. The average molecular weight is 252 g/mol. The molecule has 0 bridgehead atoms. The van der Waals surface area contributed by atoms with E-state index in [9.17, 15) is 9.90 Å². The number of hydrogen-bond donors (Lipinski definition) is 4. The highest BCUT2D eigenvalue weighted by molar-refractivity contribution is 5.92. The number of amides is 1.